The van der Waals surface area contributed by atoms with Crippen LogP contribution in [0.15, 0.2) is 97.3 Å². The summed E-state index contributed by atoms with van der Waals surface area (Å²) in [6.45, 7) is 0.505. The number of hydrogen-bond acceptors (Lipinski definition) is 3. The predicted octanol–water partition coefficient (Wildman–Crippen LogP) is 6.89. The first kappa shape index (κ1) is 26.3. The number of aromatic nitrogens is 2. The van der Waals surface area contributed by atoms with Crippen LogP contribution in [-0.2, 0) is 59.4 Å². The molecule has 2 aromatic heterocycles. The third-order valence-electron chi connectivity index (χ3n) is 5.73. The van der Waals surface area contributed by atoms with E-state index in [0.29, 0.717) is 6.61 Å². The molecule has 5 heteroatoms. The van der Waals surface area contributed by atoms with Gasteiger partial charge in [-0.15, -0.1) is 41.1 Å². The molecule has 6 aromatic rings. The number of benzene rings is 4. The van der Waals surface area contributed by atoms with E-state index in [1.807, 2.05) is 66.9 Å². The van der Waals surface area contributed by atoms with Gasteiger partial charge in [-0.3, -0.25) is 0 Å². The average molecular weight is 716 g/mol. The molecule has 3 heterocycles. The maximum absolute atomic E-state index is 5.72. The number of fused-ring (bicyclic) bond motifs is 6. The summed E-state index contributed by atoms with van der Waals surface area (Å²) in [7, 11) is 0. The predicted molar refractivity (Wildman–Crippen MR) is 134 cm³/mol. The van der Waals surface area contributed by atoms with Crippen LogP contribution in [0.5, 0.6) is 5.75 Å². The Morgan fingerprint density at radius 2 is 1.53 bits per heavy atom. The van der Waals surface area contributed by atoms with Crippen molar-refractivity contribution < 1.29 is 57.6 Å². The number of ether oxygens (including phenoxy) is 1. The second kappa shape index (κ2) is 12.0. The van der Waals surface area contributed by atoms with Crippen LogP contribution in [0.1, 0.15) is 5.56 Å². The van der Waals surface area contributed by atoms with Gasteiger partial charge < -0.3 is 14.7 Å². The first-order valence-electron chi connectivity index (χ1n) is 11.0. The van der Waals surface area contributed by atoms with Crippen LogP contribution in [0.2, 0.25) is 0 Å². The quantitative estimate of drug-likeness (QED) is 0.138. The zero-order valence-electron chi connectivity index (χ0n) is 19.2. The van der Waals surface area contributed by atoms with Gasteiger partial charge >= 0.3 is 0 Å². The Bertz CT molecular complexity index is 1570. The number of nitrogens with zero attached hydrogens (tertiary/aromatic N) is 2. The van der Waals surface area contributed by atoms with Crippen LogP contribution in [0.25, 0.3) is 44.1 Å². The molecule has 0 atom stereocenters. The van der Waals surface area contributed by atoms with Gasteiger partial charge in [0.05, 0.1) is 12.4 Å². The van der Waals surface area contributed by atoms with Crippen molar-refractivity contribution in [2.24, 2.45) is 0 Å². The molecule has 0 saturated heterocycles. The van der Waals surface area contributed by atoms with E-state index in [1.165, 1.54) is 10.8 Å². The Kier molecular flexibility index (Phi) is 8.77. The molecule has 0 amide bonds. The molecule has 0 N–H and O–H groups in total. The van der Waals surface area contributed by atoms with E-state index in [1.54, 1.807) is 6.20 Å². The van der Waals surface area contributed by atoms with Crippen LogP contribution in [0.4, 0.5) is 0 Å². The molecule has 0 unspecified atom stereocenters. The van der Waals surface area contributed by atoms with E-state index in [-0.39, 0.29) is 52.8 Å². The normalized spacial score (nSPS) is 11.0. The third-order valence-corrected chi connectivity index (χ3v) is 5.73. The molecule has 0 bridgehead atoms. The van der Waals surface area contributed by atoms with Crippen LogP contribution in [-0.4, -0.2) is 9.97 Å². The van der Waals surface area contributed by atoms with Gasteiger partial charge in [0.15, 0.2) is 0 Å². The fraction of sp³-hybridized carbons (Fsp3) is 0.0323. The summed E-state index contributed by atoms with van der Waals surface area (Å²) in [6.07, 6.45) is 3.59. The summed E-state index contributed by atoms with van der Waals surface area (Å²) >= 11 is 0. The van der Waals surface area contributed by atoms with E-state index in [9.17, 15) is 0 Å². The van der Waals surface area contributed by atoms with Crippen LogP contribution >= 0.6 is 0 Å². The summed E-state index contributed by atoms with van der Waals surface area (Å²) in [5.74, 6) is 0.809. The Balaban J connectivity index is 0.000000169. The van der Waals surface area contributed by atoms with E-state index >= 15 is 0 Å². The number of pyridine rings is 2. The summed E-state index contributed by atoms with van der Waals surface area (Å²) in [6, 6.07) is 41.0. The Morgan fingerprint density at radius 3 is 2.42 bits per heavy atom. The van der Waals surface area contributed by atoms with Gasteiger partial charge in [0, 0.05) is 65.2 Å². The van der Waals surface area contributed by atoms with Crippen LogP contribution in [0.3, 0.4) is 0 Å². The smallest absolute Gasteiger partial charge is 0.0937 e. The van der Waals surface area contributed by atoms with Crippen molar-refractivity contribution in [2.45, 2.75) is 6.61 Å². The molecule has 0 saturated carbocycles. The molecule has 0 spiro atoms. The Labute approximate surface area is 249 Å². The molecule has 36 heavy (non-hydrogen) atoms. The molecule has 7 rings (SSSR count). The summed E-state index contributed by atoms with van der Waals surface area (Å²) < 4.78 is 5.72. The van der Waals surface area contributed by atoms with Gasteiger partial charge in [0.1, 0.15) is 0 Å². The maximum atomic E-state index is 5.72. The molecule has 2 radical (unpaired) electrons. The fourth-order valence-corrected chi connectivity index (χ4v) is 4.10. The topological polar surface area (TPSA) is 35.0 Å². The van der Waals surface area contributed by atoms with Crippen molar-refractivity contribution >= 4 is 21.7 Å². The first-order valence-corrected chi connectivity index (χ1v) is 11.0. The second-order valence-electron chi connectivity index (χ2n) is 7.87. The first-order chi connectivity index (χ1) is 16.9. The summed E-state index contributed by atoms with van der Waals surface area (Å²) in [5.41, 5.74) is 5.84. The van der Waals surface area contributed by atoms with Crippen molar-refractivity contribution in [3.63, 3.8) is 0 Å². The van der Waals surface area contributed by atoms with Crippen LogP contribution in [0, 0.1) is 24.3 Å². The molecule has 3 nitrogen and oxygen atoms in total. The van der Waals surface area contributed by atoms with Gasteiger partial charge in [0.25, 0.3) is 0 Å². The Hall–Kier alpha value is -2.75. The van der Waals surface area contributed by atoms with E-state index < -0.39 is 0 Å². The number of hydrogen-bond donors (Lipinski definition) is 0. The minimum absolute atomic E-state index is 0. The minimum atomic E-state index is 0. The van der Waals surface area contributed by atoms with Gasteiger partial charge in [-0.25, -0.2) is 29.3 Å². The van der Waals surface area contributed by atoms with Crippen molar-refractivity contribution in [3.05, 3.63) is 127 Å². The van der Waals surface area contributed by atoms with Gasteiger partial charge in [-0.2, -0.15) is 35.4 Å². The fourth-order valence-electron chi connectivity index (χ4n) is 4.10. The number of rotatable bonds is 1. The molecule has 1 aliphatic rings. The standard InChI is InChI=1S/C18H10NO.C13H8N.Ir.Y/c1-2-5-13(6-3-1)14-8-9-16-15(11-14)12-20-17-7-4-10-19-18(16)17;1-2-6-12-10(4-1)7-8-11-5-3-9-14-13(11)12;;/h1-5,7-8,10H,12H2;1-5,7-9H;;/q-3;-1;;. The SMILES string of the molecule is [Ir].[Y].[c-]1cccc2ccc3cccnc3c12.[c-]1ccccc1-c1[c-]c2c([c-]c1)-c1ncccc1OC2. The van der Waals surface area contributed by atoms with Crippen molar-refractivity contribution in [1.29, 1.82) is 0 Å². The molecular formula is C31H18IrN2OY-4. The zero-order valence-corrected chi connectivity index (χ0v) is 24.4. The molecule has 4 aromatic carbocycles. The van der Waals surface area contributed by atoms with Gasteiger partial charge in [-0.05, 0) is 34.8 Å². The van der Waals surface area contributed by atoms with Crippen molar-refractivity contribution in [1.82, 2.24) is 9.97 Å². The summed E-state index contributed by atoms with van der Waals surface area (Å²) in [4.78, 5) is 8.76. The molecule has 0 fully saturated rings. The maximum Gasteiger partial charge on any atom is 0.0937 e. The second-order valence-corrected chi connectivity index (χ2v) is 7.87. The Morgan fingerprint density at radius 1 is 0.722 bits per heavy atom. The van der Waals surface area contributed by atoms with E-state index in [2.05, 4.69) is 58.5 Å². The van der Waals surface area contributed by atoms with E-state index in [4.69, 9.17) is 4.74 Å². The molecular weight excluding hydrogens is 697 g/mol. The average Bonchev–Trinajstić information content (AvgIpc) is 2.93. The van der Waals surface area contributed by atoms with Crippen molar-refractivity contribution in [3.8, 4) is 28.1 Å². The third kappa shape index (κ3) is 5.33. The molecule has 174 valence electrons. The van der Waals surface area contributed by atoms with Gasteiger partial charge in [0.2, 0.25) is 0 Å². The summed E-state index contributed by atoms with van der Waals surface area (Å²) in [5, 5.41) is 3.46. The zero-order chi connectivity index (χ0) is 22.7. The van der Waals surface area contributed by atoms with Crippen molar-refractivity contribution in [2.75, 3.05) is 0 Å². The van der Waals surface area contributed by atoms with Gasteiger partial charge in [-0.1, -0.05) is 18.2 Å². The van der Waals surface area contributed by atoms with Crippen LogP contribution < -0.4 is 4.74 Å². The minimum Gasteiger partial charge on any atom is -0.508 e. The molecule has 1 aliphatic heterocycles. The monoisotopic (exact) mass is 716 g/mol. The van der Waals surface area contributed by atoms with E-state index in [0.717, 1.165) is 44.6 Å². The largest absolute Gasteiger partial charge is 0.508 e. The molecule has 0 aliphatic carbocycles.